The summed E-state index contributed by atoms with van der Waals surface area (Å²) in [6.45, 7) is 1.76. The number of phenolic OH excluding ortho intramolecular Hbond substituents is 1. The molecule has 0 fully saturated rings. The zero-order chi connectivity index (χ0) is 17.3. The number of halogens is 3. The maximum atomic E-state index is 13.8. The minimum atomic E-state index is -1.75. The minimum absolute atomic E-state index is 0.259. The van der Waals surface area contributed by atoms with E-state index in [1.807, 2.05) is 0 Å². The average molecular weight is 325 g/mol. The van der Waals surface area contributed by atoms with Gasteiger partial charge in [0.25, 0.3) is 5.91 Å². The van der Waals surface area contributed by atoms with Crippen molar-refractivity contribution < 1.29 is 23.1 Å². The fourth-order valence-electron chi connectivity index (χ4n) is 1.93. The van der Waals surface area contributed by atoms with Crippen LogP contribution in [0.4, 0.5) is 24.7 Å². The van der Waals surface area contributed by atoms with Crippen molar-refractivity contribution in [3.63, 3.8) is 0 Å². The molecule has 1 aromatic carbocycles. The lowest BCUT2D eigenvalue weighted by Crippen LogP contribution is -2.19. The molecule has 0 unspecified atom stereocenters. The van der Waals surface area contributed by atoms with Crippen LogP contribution in [0, 0.1) is 24.4 Å². The number of benzene rings is 1. The fraction of sp³-hybridized carbons (Fsp3) is 0.200. The molecule has 1 aromatic heterocycles. The number of hydrogen-bond donors (Lipinski definition) is 2. The first-order valence-corrected chi connectivity index (χ1v) is 6.55. The van der Waals surface area contributed by atoms with Gasteiger partial charge in [-0.2, -0.15) is 4.39 Å². The molecule has 8 heteroatoms. The lowest BCUT2D eigenvalue weighted by atomic mass is 10.1. The highest BCUT2D eigenvalue weighted by molar-refractivity contribution is 6.06. The van der Waals surface area contributed by atoms with E-state index in [-0.39, 0.29) is 5.69 Å². The van der Waals surface area contributed by atoms with Gasteiger partial charge in [-0.3, -0.25) is 4.79 Å². The number of phenols is 1. The largest absolute Gasteiger partial charge is 0.503 e. The van der Waals surface area contributed by atoms with Crippen LogP contribution in [-0.4, -0.2) is 30.1 Å². The molecule has 0 radical (unpaired) electrons. The van der Waals surface area contributed by atoms with Crippen molar-refractivity contribution in [2.75, 3.05) is 24.3 Å². The van der Waals surface area contributed by atoms with Crippen LogP contribution in [0.1, 0.15) is 16.1 Å². The molecule has 5 nitrogen and oxygen atoms in total. The van der Waals surface area contributed by atoms with Gasteiger partial charge in [0.15, 0.2) is 23.2 Å². The van der Waals surface area contributed by atoms with Crippen LogP contribution in [0.3, 0.4) is 0 Å². The molecule has 23 heavy (non-hydrogen) atoms. The van der Waals surface area contributed by atoms with E-state index in [2.05, 4.69) is 10.3 Å². The van der Waals surface area contributed by atoms with Gasteiger partial charge in [-0.1, -0.05) is 0 Å². The summed E-state index contributed by atoms with van der Waals surface area (Å²) < 4.78 is 40.1. The van der Waals surface area contributed by atoms with Crippen molar-refractivity contribution >= 4 is 17.4 Å². The van der Waals surface area contributed by atoms with E-state index in [0.717, 1.165) is 0 Å². The van der Waals surface area contributed by atoms with Crippen LogP contribution < -0.4 is 10.2 Å². The topological polar surface area (TPSA) is 65.5 Å². The third-order valence-electron chi connectivity index (χ3n) is 3.06. The van der Waals surface area contributed by atoms with Gasteiger partial charge in [-0.25, -0.2) is 13.8 Å². The Morgan fingerprint density at radius 3 is 2.48 bits per heavy atom. The number of nitrogens with zero attached hydrogens (tertiary/aromatic N) is 2. The van der Waals surface area contributed by atoms with Crippen LogP contribution in [0.5, 0.6) is 5.75 Å². The Kier molecular flexibility index (Phi) is 4.44. The van der Waals surface area contributed by atoms with Crippen molar-refractivity contribution in [2.24, 2.45) is 0 Å². The Morgan fingerprint density at radius 2 is 1.87 bits per heavy atom. The lowest BCUT2D eigenvalue weighted by Gasteiger charge is -2.17. The van der Waals surface area contributed by atoms with E-state index in [9.17, 15) is 23.1 Å². The van der Waals surface area contributed by atoms with E-state index in [1.54, 1.807) is 38.1 Å². The molecule has 0 saturated carbocycles. The number of carbonyl (C=O) groups excluding carboxylic acids is 1. The Labute approximate surface area is 130 Å². The van der Waals surface area contributed by atoms with Crippen molar-refractivity contribution in [2.45, 2.75) is 6.92 Å². The number of rotatable bonds is 3. The molecule has 0 aliphatic heterocycles. The van der Waals surface area contributed by atoms with Gasteiger partial charge in [0.2, 0.25) is 5.82 Å². The van der Waals surface area contributed by atoms with Crippen LogP contribution in [-0.2, 0) is 0 Å². The van der Waals surface area contributed by atoms with Gasteiger partial charge in [0, 0.05) is 19.8 Å². The van der Waals surface area contributed by atoms with Gasteiger partial charge >= 0.3 is 0 Å². The first-order valence-electron chi connectivity index (χ1n) is 6.55. The standard InChI is InChI=1S/C15H14F3N3O2/c1-7-4-5-10(14(19-7)21(2)3)20-15(23)8-6-9(16)12(18)13(22)11(8)17/h4-6,22H,1-3H3,(H,20,23). The first kappa shape index (κ1) is 16.6. The molecule has 2 rings (SSSR count). The maximum absolute atomic E-state index is 13.8. The zero-order valence-electron chi connectivity index (χ0n) is 12.6. The van der Waals surface area contributed by atoms with Gasteiger partial charge in [-0.05, 0) is 25.1 Å². The van der Waals surface area contributed by atoms with Gasteiger partial charge in [0.05, 0.1) is 11.3 Å². The van der Waals surface area contributed by atoms with Gasteiger partial charge in [-0.15, -0.1) is 0 Å². The SMILES string of the molecule is Cc1ccc(NC(=O)c2cc(F)c(F)c(O)c2F)c(N(C)C)n1. The molecular formula is C15H14F3N3O2. The van der Waals surface area contributed by atoms with Crippen LogP contribution >= 0.6 is 0 Å². The molecule has 0 spiro atoms. The number of anilines is 2. The second-order valence-electron chi connectivity index (χ2n) is 5.05. The zero-order valence-corrected chi connectivity index (χ0v) is 12.6. The Bertz CT molecular complexity index is 779. The third-order valence-corrected chi connectivity index (χ3v) is 3.06. The highest BCUT2D eigenvalue weighted by Crippen LogP contribution is 2.28. The van der Waals surface area contributed by atoms with Crippen molar-refractivity contribution in [1.29, 1.82) is 0 Å². The number of carbonyl (C=O) groups is 1. The molecule has 2 aromatic rings. The molecule has 0 aliphatic rings. The monoisotopic (exact) mass is 325 g/mol. The van der Waals surface area contributed by atoms with Crippen molar-refractivity contribution in [3.05, 3.63) is 46.9 Å². The molecule has 122 valence electrons. The lowest BCUT2D eigenvalue weighted by molar-refractivity contribution is 0.102. The average Bonchev–Trinajstić information content (AvgIpc) is 2.50. The summed E-state index contributed by atoms with van der Waals surface area (Å²) in [4.78, 5) is 18.0. The maximum Gasteiger partial charge on any atom is 0.258 e. The van der Waals surface area contributed by atoms with E-state index >= 15 is 0 Å². The highest BCUT2D eigenvalue weighted by atomic mass is 19.2. The summed E-state index contributed by atoms with van der Waals surface area (Å²) >= 11 is 0. The predicted octanol–water partition coefficient (Wildman–Crippen LogP) is 2.83. The summed E-state index contributed by atoms with van der Waals surface area (Å²) in [6, 6.07) is 3.56. The molecule has 1 heterocycles. The second kappa shape index (κ2) is 6.15. The number of hydrogen-bond acceptors (Lipinski definition) is 4. The molecule has 2 N–H and O–H groups in total. The van der Waals surface area contributed by atoms with Crippen LogP contribution in [0.15, 0.2) is 18.2 Å². The van der Waals surface area contributed by atoms with E-state index in [0.29, 0.717) is 17.6 Å². The Morgan fingerprint density at radius 1 is 1.22 bits per heavy atom. The summed E-state index contributed by atoms with van der Waals surface area (Å²) in [6.07, 6.45) is 0. The Balaban J connectivity index is 2.41. The van der Waals surface area contributed by atoms with Gasteiger partial charge < -0.3 is 15.3 Å². The smallest absolute Gasteiger partial charge is 0.258 e. The molecule has 0 bridgehead atoms. The third kappa shape index (κ3) is 3.20. The minimum Gasteiger partial charge on any atom is -0.503 e. The Hall–Kier alpha value is -2.77. The van der Waals surface area contributed by atoms with E-state index in [1.165, 1.54) is 0 Å². The quantitative estimate of drug-likeness (QED) is 0.852. The molecule has 0 atom stereocenters. The van der Waals surface area contributed by atoms with Crippen LogP contribution in [0.25, 0.3) is 0 Å². The summed E-state index contributed by atoms with van der Waals surface area (Å²) in [5, 5.41) is 11.5. The second-order valence-corrected chi connectivity index (χ2v) is 5.05. The number of amides is 1. The molecule has 1 amide bonds. The number of aromatic nitrogens is 1. The summed E-state index contributed by atoms with van der Waals surface area (Å²) in [5.74, 6) is -6.97. The normalized spacial score (nSPS) is 10.5. The van der Waals surface area contributed by atoms with E-state index < -0.39 is 34.7 Å². The molecule has 0 aliphatic carbocycles. The van der Waals surface area contributed by atoms with E-state index in [4.69, 9.17) is 0 Å². The fourth-order valence-corrected chi connectivity index (χ4v) is 1.93. The van der Waals surface area contributed by atoms with Gasteiger partial charge in [0.1, 0.15) is 0 Å². The molecule has 0 saturated heterocycles. The number of aryl methyl sites for hydroxylation is 1. The summed E-state index contributed by atoms with van der Waals surface area (Å²) in [7, 11) is 3.39. The van der Waals surface area contributed by atoms with Crippen molar-refractivity contribution in [3.8, 4) is 5.75 Å². The van der Waals surface area contributed by atoms with Crippen LogP contribution in [0.2, 0.25) is 0 Å². The molecular weight excluding hydrogens is 311 g/mol. The van der Waals surface area contributed by atoms with Crippen molar-refractivity contribution in [1.82, 2.24) is 4.98 Å². The number of pyridine rings is 1. The summed E-state index contributed by atoms with van der Waals surface area (Å²) in [5.41, 5.74) is 0.143. The number of aromatic hydroxyl groups is 1. The number of nitrogens with one attached hydrogen (secondary N) is 1. The predicted molar refractivity (Wildman–Crippen MR) is 79.2 cm³/mol. The first-order chi connectivity index (χ1) is 10.7. The highest BCUT2D eigenvalue weighted by Gasteiger charge is 2.23.